The highest BCUT2D eigenvalue weighted by molar-refractivity contribution is 5.20. The van der Waals surface area contributed by atoms with Gasteiger partial charge in [0.2, 0.25) is 0 Å². The fourth-order valence-electron chi connectivity index (χ4n) is 2.05. The topological polar surface area (TPSA) is 43.0 Å². The Morgan fingerprint density at radius 3 is 2.94 bits per heavy atom. The number of rotatable bonds is 6. The van der Waals surface area contributed by atoms with Crippen LogP contribution in [0.4, 0.5) is 0 Å². The van der Waals surface area contributed by atoms with E-state index in [0.29, 0.717) is 0 Å². The maximum Gasteiger partial charge on any atom is 0.124 e. The molecule has 18 heavy (non-hydrogen) atoms. The van der Waals surface area contributed by atoms with Crippen LogP contribution in [0.1, 0.15) is 36.8 Å². The van der Waals surface area contributed by atoms with Gasteiger partial charge in [-0.2, -0.15) is 0 Å². The highest BCUT2D eigenvalue weighted by atomic mass is 16.3. The summed E-state index contributed by atoms with van der Waals surface area (Å²) in [5.74, 6) is 3.12. The fraction of sp³-hybridized carbons (Fsp3) is 0.500. The lowest BCUT2D eigenvalue weighted by Crippen LogP contribution is -2.11. The van der Waals surface area contributed by atoms with E-state index in [4.69, 9.17) is 4.42 Å². The van der Waals surface area contributed by atoms with Crippen LogP contribution in [0, 0.1) is 6.92 Å². The van der Waals surface area contributed by atoms with Crippen LogP contribution in [0.5, 0.6) is 0 Å². The van der Waals surface area contributed by atoms with Gasteiger partial charge in [-0.05, 0) is 25.1 Å². The Kier molecular flexibility index (Phi) is 4.20. The van der Waals surface area contributed by atoms with Crippen LogP contribution in [0.15, 0.2) is 22.9 Å². The quantitative estimate of drug-likeness (QED) is 0.853. The van der Waals surface area contributed by atoms with Crippen molar-refractivity contribution in [1.82, 2.24) is 14.9 Å². The normalized spacial score (nSPS) is 11.1. The molecule has 0 saturated carbocycles. The summed E-state index contributed by atoms with van der Waals surface area (Å²) in [6, 6.07) is 2.12. The Labute approximate surface area is 108 Å². The zero-order valence-corrected chi connectivity index (χ0v) is 11.4. The zero-order valence-electron chi connectivity index (χ0n) is 11.4. The molecule has 0 aliphatic heterocycles. The fourth-order valence-corrected chi connectivity index (χ4v) is 2.05. The van der Waals surface area contributed by atoms with E-state index in [2.05, 4.69) is 41.7 Å². The summed E-state index contributed by atoms with van der Waals surface area (Å²) in [5, 5.41) is 3.29. The highest BCUT2D eigenvalue weighted by Gasteiger charge is 2.09. The van der Waals surface area contributed by atoms with Gasteiger partial charge in [0.1, 0.15) is 17.3 Å². The summed E-state index contributed by atoms with van der Waals surface area (Å²) in [5.41, 5.74) is 1.21. The van der Waals surface area contributed by atoms with Crippen molar-refractivity contribution in [2.24, 2.45) is 0 Å². The van der Waals surface area contributed by atoms with Gasteiger partial charge in [0, 0.05) is 18.8 Å². The van der Waals surface area contributed by atoms with Crippen molar-refractivity contribution < 1.29 is 4.42 Å². The summed E-state index contributed by atoms with van der Waals surface area (Å²) >= 11 is 0. The monoisotopic (exact) mass is 247 g/mol. The van der Waals surface area contributed by atoms with Crippen LogP contribution in [0.2, 0.25) is 0 Å². The molecule has 0 unspecified atom stereocenters. The first-order chi connectivity index (χ1) is 8.74. The van der Waals surface area contributed by atoms with Crippen LogP contribution in [0.3, 0.4) is 0 Å². The van der Waals surface area contributed by atoms with E-state index in [1.54, 1.807) is 0 Å². The number of nitrogens with one attached hydrogen (secondary N) is 1. The first kappa shape index (κ1) is 12.9. The van der Waals surface area contributed by atoms with E-state index in [-0.39, 0.29) is 0 Å². The molecule has 1 N–H and O–H groups in total. The minimum atomic E-state index is 0.760. The molecule has 2 rings (SSSR count). The Bertz CT molecular complexity index is 499. The average Bonchev–Trinajstić information content (AvgIpc) is 2.94. The molecule has 0 spiro atoms. The largest absolute Gasteiger partial charge is 0.463 e. The Balaban J connectivity index is 2.10. The van der Waals surface area contributed by atoms with Gasteiger partial charge in [-0.15, -0.1) is 0 Å². The number of nitrogens with zero attached hydrogens (tertiary/aromatic N) is 2. The van der Waals surface area contributed by atoms with Gasteiger partial charge in [-0.25, -0.2) is 4.98 Å². The number of imidazole rings is 1. The van der Waals surface area contributed by atoms with Crippen molar-refractivity contribution >= 4 is 0 Å². The zero-order chi connectivity index (χ0) is 13.0. The molecule has 0 saturated heterocycles. The molecule has 2 aromatic heterocycles. The standard InChI is InChI=1S/C14H21N3O/c1-4-14-16-6-7-17(14)10-12-8-11(3)13(18-12)9-15-5-2/h6-8,15H,4-5,9-10H2,1-3H3. The van der Waals surface area contributed by atoms with E-state index in [1.165, 1.54) is 5.56 Å². The number of hydrogen-bond acceptors (Lipinski definition) is 3. The lowest BCUT2D eigenvalue weighted by molar-refractivity contribution is 0.436. The molecular weight excluding hydrogens is 226 g/mol. The molecule has 0 fully saturated rings. The Morgan fingerprint density at radius 2 is 2.22 bits per heavy atom. The van der Waals surface area contributed by atoms with Gasteiger partial charge >= 0.3 is 0 Å². The third kappa shape index (κ3) is 2.82. The molecule has 2 aromatic rings. The van der Waals surface area contributed by atoms with Crippen molar-refractivity contribution in [2.75, 3.05) is 6.54 Å². The molecule has 98 valence electrons. The number of aromatic nitrogens is 2. The molecule has 0 aliphatic rings. The van der Waals surface area contributed by atoms with Crippen molar-refractivity contribution in [3.8, 4) is 0 Å². The van der Waals surface area contributed by atoms with Crippen molar-refractivity contribution in [2.45, 2.75) is 40.3 Å². The van der Waals surface area contributed by atoms with Crippen LogP contribution >= 0.6 is 0 Å². The van der Waals surface area contributed by atoms with Gasteiger partial charge in [-0.3, -0.25) is 0 Å². The van der Waals surface area contributed by atoms with Crippen molar-refractivity contribution in [3.63, 3.8) is 0 Å². The summed E-state index contributed by atoms with van der Waals surface area (Å²) in [6.45, 7) is 8.81. The molecular formula is C14H21N3O. The van der Waals surface area contributed by atoms with Crippen LogP contribution in [-0.4, -0.2) is 16.1 Å². The highest BCUT2D eigenvalue weighted by Crippen LogP contribution is 2.16. The second-order valence-electron chi connectivity index (χ2n) is 4.42. The number of hydrogen-bond donors (Lipinski definition) is 1. The van der Waals surface area contributed by atoms with Gasteiger partial charge in [0.05, 0.1) is 13.1 Å². The second kappa shape index (κ2) is 5.87. The van der Waals surface area contributed by atoms with Crippen LogP contribution in [-0.2, 0) is 19.5 Å². The Hall–Kier alpha value is -1.55. The molecule has 0 aliphatic carbocycles. The third-order valence-corrected chi connectivity index (χ3v) is 3.05. The van der Waals surface area contributed by atoms with E-state index in [1.807, 2.05) is 12.4 Å². The van der Waals surface area contributed by atoms with Gasteiger partial charge in [0.25, 0.3) is 0 Å². The predicted molar refractivity (Wildman–Crippen MR) is 71.5 cm³/mol. The maximum absolute atomic E-state index is 5.88. The first-order valence-corrected chi connectivity index (χ1v) is 6.53. The average molecular weight is 247 g/mol. The van der Waals surface area contributed by atoms with Crippen LogP contribution in [0.25, 0.3) is 0 Å². The van der Waals surface area contributed by atoms with E-state index >= 15 is 0 Å². The molecule has 0 amide bonds. The molecule has 0 atom stereocenters. The molecule has 4 heteroatoms. The third-order valence-electron chi connectivity index (χ3n) is 3.05. The molecule has 0 aromatic carbocycles. The lowest BCUT2D eigenvalue weighted by Gasteiger charge is -2.03. The number of furan rings is 1. The minimum absolute atomic E-state index is 0.760. The summed E-state index contributed by atoms with van der Waals surface area (Å²) in [7, 11) is 0. The van der Waals surface area contributed by atoms with E-state index in [0.717, 1.165) is 43.4 Å². The molecule has 2 heterocycles. The van der Waals surface area contributed by atoms with Gasteiger partial charge < -0.3 is 14.3 Å². The van der Waals surface area contributed by atoms with Crippen LogP contribution < -0.4 is 5.32 Å². The predicted octanol–water partition coefficient (Wildman–Crippen LogP) is 2.50. The summed E-state index contributed by atoms with van der Waals surface area (Å²) in [6.07, 6.45) is 4.78. The summed E-state index contributed by atoms with van der Waals surface area (Å²) < 4.78 is 8.01. The van der Waals surface area contributed by atoms with E-state index < -0.39 is 0 Å². The number of aryl methyl sites for hydroxylation is 2. The maximum atomic E-state index is 5.88. The molecule has 0 radical (unpaired) electrons. The SMILES string of the molecule is CCNCc1oc(Cn2ccnc2CC)cc1C. The molecule has 4 nitrogen and oxygen atoms in total. The van der Waals surface area contributed by atoms with Crippen molar-refractivity contribution in [1.29, 1.82) is 0 Å². The molecule has 0 bridgehead atoms. The lowest BCUT2D eigenvalue weighted by atomic mass is 10.2. The van der Waals surface area contributed by atoms with Crippen molar-refractivity contribution in [3.05, 3.63) is 41.4 Å². The second-order valence-corrected chi connectivity index (χ2v) is 4.42. The van der Waals surface area contributed by atoms with Gasteiger partial charge in [-0.1, -0.05) is 13.8 Å². The minimum Gasteiger partial charge on any atom is -0.463 e. The van der Waals surface area contributed by atoms with E-state index in [9.17, 15) is 0 Å². The summed E-state index contributed by atoms with van der Waals surface area (Å²) in [4.78, 5) is 4.32. The Morgan fingerprint density at radius 1 is 1.39 bits per heavy atom. The smallest absolute Gasteiger partial charge is 0.124 e. The first-order valence-electron chi connectivity index (χ1n) is 6.53. The van der Waals surface area contributed by atoms with Gasteiger partial charge in [0.15, 0.2) is 0 Å².